The molecule has 0 aliphatic heterocycles. The van der Waals surface area contributed by atoms with Crippen molar-refractivity contribution in [1.82, 2.24) is 15.0 Å². The summed E-state index contributed by atoms with van der Waals surface area (Å²) in [5.41, 5.74) is -0.185. The molecule has 0 amide bonds. The summed E-state index contributed by atoms with van der Waals surface area (Å²) in [7, 11) is 1.72. The van der Waals surface area contributed by atoms with Gasteiger partial charge in [-0.1, -0.05) is 0 Å². The molecule has 7 heteroatoms. The van der Waals surface area contributed by atoms with Crippen LogP contribution < -0.4 is 14.8 Å². The first-order valence-corrected chi connectivity index (χ1v) is 6.28. The maximum Gasteiger partial charge on any atom is 0.324 e. The van der Waals surface area contributed by atoms with E-state index in [-0.39, 0.29) is 17.6 Å². The number of ether oxygens (including phenoxy) is 3. The molecule has 1 heterocycles. The molecule has 0 spiro atoms. The minimum Gasteiger partial charge on any atom is -0.464 e. The Morgan fingerprint density at radius 1 is 1.00 bits per heavy atom. The van der Waals surface area contributed by atoms with Crippen LogP contribution in [0.1, 0.15) is 27.7 Å². The van der Waals surface area contributed by atoms with Gasteiger partial charge in [0.25, 0.3) is 0 Å². The van der Waals surface area contributed by atoms with Crippen LogP contribution >= 0.6 is 0 Å². The Bertz CT molecular complexity index is 393. The molecular weight excluding hydrogens is 248 g/mol. The first kappa shape index (κ1) is 15.4. The van der Waals surface area contributed by atoms with Gasteiger partial charge in [0.15, 0.2) is 0 Å². The molecule has 0 atom stereocenters. The van der Waals surface area contributed by atoms with Crippen molar-refractivity contribution in [2.24, 2.45) is 0 Å². The molecule has 1 N–H and O–H groups in total. The molecule has 1 aromatic rings. The Hall–Kier alpha value is -1.63. The first-order valence-electron chi connectivity index (χ1n) is 6.28. The number of anilines is 1. The number of hydrogen-bond acceptors (Lipinski definition) is 7. The summed E-state index contributed by atoms with van der Waals surface area (Å²) >= 11 is 0. The Morgan fingerprint density at radius 2 is 1.63 bits per heavy atom. The highest BCUT2D eigenvalue weighted by Gasteiger charge is 2.11. The van der Waals surface area contributed by atoms with E-state index in [2.05, 4.69) is 20.3 Å². The lowest BCUT2D eigenvalue weighted by atomic mass is 10.2. The summed E-state index contributed by atoms with van der Waals surface area (Å²) < 4.78 is 16.2. The lowest BCUT2D eigenvalue weighted by Gasteiger charge is -2.19. The largest absolute Gasteiger partial charge is 0.464 e. The van der Waals surface area contributed by atoms with Gasteiger partial charge in [-0.3, -0.25) is 0 Å². The monoisotopic (exact) mass is 270 g/mol. The van der Waals surface area contributed by atoms with E-state index in [4.69, 9.17) is 14.2 Å². The van der Waals surface area contributed by atoms with E-state index in [9.17, 15) is 0 Å². The van der Waals surface area contributed by atoms with Gasteiger partial charge in [0.2, 0.25) is 5.95 Å². The number of aromatic nitrogens is 3. The highest BCUT2D eigenvalue weighted by molar-refractivity contribution is 5.26. The van der Waals surface area contributed by atoms with Crippen LogP contribution in [0.4, 0.5) is 5.95 Å². The lowest BCUT2D eigenvalue weighted by molar-refractivity contribution is -0.0174. The van der Waals surface area contributed by atoms with Crippen LogP contribution in [0.5, 0.6) is 12.0 Å². The van der Waals surface area contributed by atoms with E-state index < -0.39 is 0 Å². The zero-order chi connectivity index (χ0) is 14.3. The molecule has 0 aliphatic rings. The first-order chi connectivity index (χ1) is 8.94. The predicted molar refractivity (Wildman–Crippen MR) is 71.7 cm³/mol. The van der Waals surface area contributed by atoms with Gasteiger partial charge >= 0.3 is 12.0 Å². The third-order valence-electron chi connectivity index (χ3n) is 1.94. The summed E-state index contributed by atoms with van der Waals surface area (Å²) in [6, 6.07) is 0.467. The van der Waals surface area contributed by atoms with Crippen molar-refractivity contribution >= 4 is 5.95 Å². The fourth-order valence-electron chi connectivity index (χ4n) is 1.19. The van der Waals surface area contributed by atoms with Crippen LogP contribution in [0.3, 0.4) is 0 Å². The summed E-state index contributed by atoms with van der Waals surface area (Å²) in [6.45, 7) is 9.15. The smallest absolute Gasteiger partial charge is 0.324 e. The SMILES string of the molecule is CCOc1nc(NC)nc(OCCOC(C)(C)C)n1. The van der Waals surface area contributed by atoms with Crippen LogP contribution in [0.25, 0.3) is 0 Å². The number of rotatable bonds is 7. The fourth-order valence-corrected chi connectivity index (χ4v) is 1.19. The third kappa shape index (κ3) is 6.19. The van der Waals surface area contributed by atoms with Gasteiger partial charge < -0.3 is 19.5 Å². The summed E-state index contributed by atoms with van der Waals surface area (Å²) in [5.74, 6) is 0.408. The van der Waals surface area contributed by atoms with Crippen LogP contribution in [-0.4, -0.2) is 47.4 Å². The molecule has 0 saturated carbocycles. The molecule has 1 rings (SSSR count). The molecule has 108 valence electrons. The molecule has 19 heavy (non-hydrogen) atoms. The lowest BCUT2D eigenvalue weighted by Crippen LogP contribution is -2.22. The van der Waals surface area contributed by atoms with Gasteiger partial charge in [-0.05, 0) is 27.7 Å². The molecule has 0 fully saturated rings. The van der Waals surface area contributed by atoms with Crippen molar-refractivity contribution in [3.8, 4) is 12.0 Å². The van der Waals surface area contributed by atoms with Crippen molar-refractivity contribution in [2.45, 2.75) is 33.3 Å². The second-order valence-corrected chi connectivity index (χ2v) is 4.72. The fraction of sp³-hybridized carbons (Fsp3) is 0.750. The minimum absolute atomic E-state index is 0.185. The van der Waals surface area contributed by atoms with Crippen LogP contribution in [0.15, 0.2) is 0 Å². The Balaban J connectivity index is 2.54. The predicted octanol–water partition coefficient (Wildman–Crippen LogP) is 1.51. The Kier molecular flexibility index (Phi) is 5.75. The van der Waals surface area contributed by atoms with Gasteiger partial charge in [0.1, 0.15) is 6.61 Å². The van der Waals surface area contributed by atoms with Crippen molar-refractivity contribution in [3.05, 3.63) is 0 Å². The third-order valence-corrected chi connectivity index (χ3v) is 1.94. The molecule has 0 bridgehead atoms. The standard InChI is InChI=1S/C12H22N4O3/c1-6-17-10-14-9(13-5)15-11(16-10)18-7-8-19-12(2,3)4/h6-8H2,1-5H3,(H,13,14,15,16). The van der Waals surface area contributed by atoms with Crippen molar-refractivity contribution in [3.63, 3.8) is 0 Å². The van der Waals surface area contributed by atoms with Gasteiger partial charge in [0, 0.05) is 7.05 Å². The second-order valence-electron chi connectivity index (χ2n) is 4.72. The molecule has 0 unspecified atom stereocenters. The summed E-state index contributed by atoms with van der Waals surface area (Å²) in [4.78, 5) is 12.2. The van der Waals surface area contributed by atoms with E-state index in [1.807, 2.05) is 27.7 Å². The van der Waals surface area contributed by atoms with Gasteiger partial charge in [0.05, 0.1) is 18.8 Å². The maximum absolute atomic E-state index is 5.54. The topological polar surface area (TPSA) is 78.4 Å². The minimum atomic E-state index is -0.185. The van der Waals surface area contributed by atoms with Crippen LogP contribution in [-0.2, 0) is 4.74 Å². The van der Waals surface area contributed by atoms with Gasteiger partial charge in [-0.15, -0.1) is 4.98 Å². The van der Waals surface area contributed by atoms with Crippen molar-refractivity contribution in [2.75, 3.05) is 32.2 Å². The van der Waals surface area contributed by atoms with E-state index in [1.165, 1.54) is 0 Å². The van der Waals surface area contributed by atoms with Crippen molar-refractivity contribution in [1.29, 1.82) is 0 Å². The highest BCUT2D eigenvalue weighted by atomic mass is 16.5. The average molecular weight is 270 g/mol. The zero-order valence-corrected chi connectivity index (χ0v) is 12.2. The molecule has 0 radical (unpaired) electrons. The normalized spacial score (nSPS) is 11.2. The quantitative estimate of drug-likeness (QED) is 0.752. The molecule has 1 aromatic heterocycles. The maximum atomic E-state index is 5.54. The Labute approximate surface area is 113 Å². The molecule has 0 saturated heterocycles. The van der Waals surface area contributed by atoms with E-state index in [0.717, 1.165) is 0 Å². The molecule has 7 nitrogen and oxygen atoms in total. The second kappa shape index (κ2) is 7.08. The number of nitrogens with zero attached hydrogens (tertiary/aromatic N) is 3. The van der Waals surface area contributed by atoms with Crippen LogP contribution in [0, 0.1) is 0 Å². The average Bonchev–Trinajstić information content (AvgIpc) is 2.34. The summed E-state index contributed by atoms with van der Waals surface area (Å²) in [5, 5.41) is 2.83. The van der Waals surface area contributed by atoms with Gasteiger partial charge in [-0.2, -0.15) is 9.97 Å². The summed E-state index contributed by atoms with van der Waals surface area (Å²) in [6.07, 6.45) is 0. The number of hydrogen-bond donors (Lipinski definition) is 1. The molecule has 0 aliphatic carbocycles. The molecular formula is C12H22N4O3. The zero-order valence-electron chi connectivity index (χ0n) is 12.2. The number of nitrogens with one attached hydrogen (secondary N) is 1. The molecule has 0 aromatic carbocycles. The van der Waals surface area contributed by atoms with Gasteiger partial charge in [-0.25, -0.2) is 0 Å². The van der Waals surface area contributed by atoms with E-state index in [1.54, 1.807) is 7.05 Å². The highest BCUT2D eigenvalue weighted by Crippen LogP contribution is 2.13. The van der Waals surface area contributed by atoms with E-state index in [0.29, 0.717) is 25.8 Å². The Morgan fingerprint density at radius 3 is 2.16 bits per heavy atom. The van der Waals surface area contributed by atoms with Crippen molar-refractivity contribution < 1.29 is 14.2 Å². The van der Waals surface area contributed by atoms with E-state index >= 15 is 0 Å². The van der Waals surface area contributed by atoms with Crippen LogP contribution in [0.2, 0.25) is 0 Å².